The lowest BCUT2D eigenvalue weighted by Gasteiger charge is -2.03. The van der Waals surface area contributed by atoms with Crippen molar-refractivity contribution in [2.45, 2.75) is 20.8 Å². The summed E-state index contributed by atoms with van der Waals surface area (Å²) in [5, 5.41) is 0. The number of aromatic amines is 1. The van der Waals surface area contributed by atoms with Crippen molar-refractivity contribution in [2.24, 2.45) is 0 Å². The number of hydrogen-bond donors (Lipinski definition) is 2. The van der Waals surface area contributed by atoms with Gasteiger partial charge in [-0.05, 0) is 20.8 Å². The second-order valence-corrected chi connectivity index (χ2v) is 4.50. The molecule has 2 aromatic rings. The van der Waals surface area contributed by atoms with Gasteiger partial charge in [0.2, 0.25) is 0 Å². The molecule has 0 bridgehead atoms. The SMILES string of the molecule is CCOC(=O)c1c(C)[nH]c(-c2ccc(C)cc2)c1N.Cl. The van der Waals surface area contributed by atoms with E-state index in [9.17, 15) is 4.79 Å². The van der Waals surface area contributed by atoms with Crippen LogP contribution in [0.1, 0.15) is 28.5 Å². The quantitative estimate of drug-likeness (QED) is 0.852. The Morgan fingerprint density at radius 1 is 1.25 bits per heavy atom. The van der Waals surface area contributed by atoms with Crippen LogP contribution in [-0.4, -0.2) is 17.6 Å². The summed E-state index contributed by atoms with van der Waals surface area (Å²) < 4.78 is 5.02. The maximum absolute atomic E-state index is 11.9. The molecule has 0 unspecified atom stereocenters. The average Bonchev–Trinajstić information content (AvgIpc) is 2.66. The zero-order chi connectivity index (χ0) is 14.0. The van der Waals surface area contributed by atoms with E-state index in [-0.39, 0.29) is 18.4 Å². The number of nitrogens with one attached hydrogen (secondary N) is 1. The van der Waals surface area contributed by atoms with Gasteiger partial charge in [0.25, 0.3) is 0 Å². The van der Waals surface area contributed by atoms with E-state index >= 15 is 0 Å². The molecule has 0 aliphatic rings. The van der Waals surface area contributed by atoms with Crippen molar-refractivity contribution in [1.29, 1.82) is 0 Å². The molecule has 0 aliphatic heterocycles. The van der Waals surface area contributed by atoms with E-state index in [4.69, 9.17) is 10.5 Å². The normalized spacial score (nSPS) is 9.95. The molecule has 108 valence electrons. The monoisotopic (exact) mass is 294 g/mol. The van der Waals surface area contributed by atoms with E-state index in [1.165, 1.54) is 5.56 Å². The van der Waals surface area contributed by atoms with Crippen LogP contribution in [0.15, 0.2) is 24.3 Å². The highest BCUT2D eigenvalue weighted by Crippen LogP contribution is 2.31. The average molecular weight is 295 g/mol. The molecule has 1 aromatic carbocycles. The van der Waals surface area contributed by atoms with Crippen LogP contribution in [0.25, 0.3) is 11.3 Å². The molecule has 4 nitrogen and oxygen atoms in total. The highest BCUT2D eigenvalue weighted by Gasteiger charge is 2.20. The van der Waals surface area contributed by atoms with E-state index in [0.29, 0.717) is 17.9 Å². The highest BCUT2D eigenvalue weighted by molar-refractivity contribution is 6.00. The smallest absolute Gasteiger partial charge is 0.342 e. The van der Waals surface area contributed by atoms with Gasteiger partial charge >= 0.3 is 5.97 Å². The first-order valence-corrected chi connectivity index (χ1v) is 6.26. The van der Waals surface area contributed by atoms with Crippen molar-refractivity contribution in [3.05, 3.63) is 41.1 Å². The molecule has 0 aliphatic carbocycles. The molecule has 3 N–H and O–H groups in total. The Kier molecular flexibility index (Phi) is 5.22. The maximum Gasteiger partial charge on any atom is 0.342 e. The molecule has 20 heavy (non-hydrogen) atoms. The minimum Gasteiger partial charge on any atom is -0.462 e. The highest BCUT2D eigenvalue weighted by atomic mass is 35.5. The minimum absolute atomic E-state index is 0. The van der Waals surface area contributed by atoms with Gasteiger partial charge < -0.3 is 15.5 Å². The van der Waals surface area contributed by atoms with Gasteiger partial charge in [0.1, 0.15) is 5.56 Å². The van der Waals surface area contributed by atoms with Gasteiger partial charge in [0, 0.05) is 11.3 Å². The molecule has 0 fully saturated rings. The Balaban J connectivity index is 0.00000200. The molecular weight excluding hydrogens is 276 g/mol. The molecule has 0 saturated heterocycles. The fourth-order valence-corrected chi connectivity index (χ4v) is 2.06. The van der Waals surface area contributed by atoms with Crippen LogP contribution in [0.2, 0.25) is 0 Å². The van der Waals surface area contributed by atoms with Crippen molar-refractivity contribution in [3.63, 3.8) is 0 Å². The zero-order valence-corrected chi connectivity index (χ0v) is 12.6. The van der Waals surface area contributed by atoms with Crippen LogP contribution in [0, 0.1) is 13.8 Å². The second-order valence-electron chi connectivity index (χ2n) is 4.50. The Bertz CT molecular complexity index is 603. The Morgan fingerprint density at radius 3 is 2.40 bits per heavy atom. The summed E-state index contributed by atoms with van der Waals surface area (Å²) in [7, 11) is 0. The summed E-state index contributed by atoms with van der Waals surface area (Å²) in [4.78, 5) is 15.0. The first-order valence-electron chi connectivity index (χ1n) is 6.26. The van der Waals surface area contributed by atoms with Gasteiger partial charge in [-0.25, -0.2) is 4.79 Å². The van der Waals surface area contributed by atoms with Gasteiger partial charge in [0.15, 0.2) is 0 Å². The molecule has 1 heterocycles. The molecule has 2 rings (SSSR count). The third-order valence-electron chi connectivity index (χ3n) is 3.05. The third-order valence-corrected chi connectivity index (χ3v) is 3.05. The summed E-state index contributed by atoms with van der Waals surface area (Å²) in [6.45, 7) is 5.96. The second kappa shape index (κ2) is 6.48. The number of aromatic nitrogens is 1. The maximum atomic E-state index is 11.9. The number of nitrogen functional groups attached to an aromatic ring is 1. The van der Waals surface area contributed by atoms with Crippen molar-refractivity contribution >= 4 is 24.1 Å². The van der Waals surface area contributed by atoms with Crippen molar-refractivity contribution in [3.8, 4) is 11.3 Å². The number of esters is 1. The molecular formula is C15H19ClN2O2. The number of carbonyl (C=O) groups is 1. The summed E-state index contributed by atoms with van der Waals surface area (Å²) in [5.41, 5.74) is 10.6. The van der Waals surface area contributed by atoms with Gasteiger partial charge in [-0.3, -0.25) is 0 Å². The topological polar surface area (TPSA) is 68.1 Å². The number of H-pyrrole nitrogens is 1. The standard InChI is InChI=1S/C15H18N2O2.ClH/c1-4-19-15(18)12-10(3)17-14(13(12)16)11-7-5-9(2)6-8-11;/h5-8,17H,4,16H2,1-3H3;1H. The number of carbonyl (C=O) groups excluding carboxylic acids is 1. The number of aryl methyl sites for hydroxylation is 2. The summed E-state index contributed by atoms with van der Waals surface area (Å²) in [6, 6.07) is 7.97. The van der Waals surface area contributed by atoms with E-state index in [2.05, 4.69) is 4.98 Å². The number of nitrogens with two attached hydrogens (primary N) is 1. The van der Waals surface area contributed by atoms with Gasteiger partial charge in [-0.1, -0.05) is 29.8 Å². The van der Waals surface area contributed by atoms with Crippen molar-refractivity contribution in [1.82, 2.24) is 4.98 Å². The zero-order valence-electron chi connectivity index (χ0n) is 11.8. The van der Waals surface area contributed by atoms with Crippen LogP contribution in [0.5, 0.6) is 0 Å². The first kappa shape index (κ1) is 16.1. The summed E-state index contributed by atoms with van der Waals surface area (Å²) >= 11 is 0. The van der Waals surface area contributed by atoms with Crippen molar-refractivity contribution < 1.29 is 9.53 Å². The minimum atomic E-state index is -0.382. The van der Waals surface area contributed by atoms with Crippen LogP contribution < -0.4 is 5.73 Å². The van der Waals surface area contributed by atoms with Gasteiger partial charge in [-0.2, -0.15) is 0 Å². The lowest BCUT2D eigenvalue weighted by atomic mass is 10.1. The van der Waals surface area contributed by atoms with Crippen LogP contribution in [0.3, 0.4) is 0 Å². The molecule has 0 spiro atoms. The first-order chi connectivity index (χ1) is 9.04. The number of benzene rings is 1. The Hall–Kier alpha value is -1.94. The third kappa shape index (κ3) is 2.96. The number of hydrogen-bond acceptors (Lipinski definition) is 3. The van der Waals surface area contributed by atoms with Crippen LogP contribution in [-0.2, 0) is 4.74 Å². The van der Waals surface area contributed by atoms with E-state index in [1.807, 2.05) is 38.1 Å². The molecule has 0 atom stereocenters. The predicted molar refractivity (Wildman–Crippen MR) is 83.3 cm³/mol. The molecule has 0 radical (unpaired) electrons. The fourth-order valence-electron chi connectivity index (χ4n) is 2.06. The number of ether oxygens (including phenoxy) is 1. The van der Waals surface area contributed by atoms with E-state index in [1.54, 1.807) is 6.92 Å². The Morgan fingerprint density at radius 2 is 1.85 bits per heavy atom. The van der Waals surface area contributed by atoms with E-state index < -0.39 is 0 Å². The van der Waals surface area contributed by atoms with Crippen molar-refractivity contribution in [2.75, 3.05) is 12.3 Å². The van der Waals surface area contributed by atoms with Crippen LogP contribution in [0.4, 0.5) is 5.69 Å². The summed E-state index contributed by atoms with van der Waals surface area (Å²) in [6.07, 6.45) is 0. The molecule has 0 amide bonds. The number of anilines is 1. The molecule has 1 aromatic heterocycles. The van der Waals surface area contributed by atoms with E-state index in [0.717, 1.165) is 17.0 Å². The predicted octanol–water partition coefficient (Wildman–Crippen LogP) is 3.48. The largest absolute Gasteiger partial charge is 0.462 e. The lowest BCUT2D eigenvalue weighted by molar-refractivity contribution is 0.0527. The number of halogens is 1. The molecule has 0 saturated carbocycles. The number of rotatable bonds is 3. The lowest BCUT2D eigenvalue weighted by Crippen LogP contribution is -2.07. The molecule has 5 heteroatoms. The van der Waals surface area contributed by atoms with Gasteiger partial charge in [0.05, 0.1) is 18.0 Å². The summed E-state index contributed by atoms with van der Waals surface area (Å²) in [5.74, 6) is -0.382. The van der Waals surface area contributed by atoms with Gasteiger partial charge in [-0.15, -0.1) is 12.4 Å². The fraction of sp³-hybridized carbons (Fsp3) is 0.267. The van der Waals surface area contributed by atoms with Crippen LogP contribution >= 0.6 is 12.4 Å². The Labute approximate surface area is 124 Å².